The third-order valence-electron chi connectivity index (χ3n) is 4.26. The van der Waals surface area contributed by atoms with E-state index in [1.54, 1.807) is 7.05 Å². The lowest BCUT2D eigenvalue weighted by molar-refractivity contribution is -0.154. The van der Waals surface area contributed by atoms with Crippen LogP contribution in [0.4, 0.5) is 0 Å². The summed E-state index contributed by atoms with van der Waals surface area (Å²) >= 11 is 0. The molecule has 0 amide bonds. The molecule has 0 saturated carbocycles. The summed E-state index contributed by atoms with van der Waals surface area (Å²) < 4.78 is 18.1. The molecule has 0 bridgehead atoms. The maximum Gasteiger partial charge on any atom is 0.320 e. The normalized spacial score (nSPS) is 39.0. The Hall–Kier alpha value is -0.420. The van der Waals surface area contributed by atoms with Crippen molar-refractivity contribution in [1.82, 2.24) is 5.32 Å². The molecule has 1 fully saturated rings. The van der Waals surface area contributed by atoms with Crippen molar-refractivity contribution in [3.8, 4) is 0 Å². The zero-order valence-corrected chi connectivity index (χ0v) is 13.5. The number of likely N-dealkylation sites (N-methyl/N-ethyl adjacent to an activating group) is 1. The zero-order chi connectivity index (χ0) is 14.6. The van der Waals surface area contributed by atoms with Crippen LogP contribution in [0.25, 0.3) is 0 Å². The summed E-state index contributed by atoms with van der Waals surface area (Å²) in [7, 11) is 0.903. The maximum atomic E-state index is 12.5. The summed E-state index contributed by atoms with van der Waals surface area (Å²) in [6.45, 7) is 8.46. The number of ether oxygens (including phenoxy) is 1. The van der Waals surface area contributed by atoms with Gasteiger partial charge < -0.3 is 10.1 Å². The van der Waals surface area contributed by atoms with Gasteiger partial charge in [-0.25, -0.2) is 0 Å². The third-order valence-corrected chi connectivity index (χ3v) is 6.70. The van der Waals surface area contributed by atoms with Crippen LogP contribution in [0.2, 0.25) is 0 Å². The summed E-state index contributed by atoms with van der Waals surface area (Å²) in [5, 5.41) is 3.04. The second kappa shape index (κ2) is 7.39. The molecule has 1 N–H and O–H groups in total. The average molecular weight is 289 g/mol. The molecule has 1 heterocycles. The van der Waals surface area contributed by atoms with Gasteiger partial charge in [-0.05, 0) is 19.9 Å². The van der Waals surface area contributed by atoms with Crippen LogP contribution in [0.15, 0.2) is 0 Å². The minimum Gasteiger partial charge on any atom is -0.461 e. The molecule has 1 rings (SSSR count). The summed E-state index contributed by atoms with van der Waals surface area (Å²) in [6.07, 6.45) is 1.66. The molecule has 1 aliphatic rings. The molecule has 19 heavy (non-hydrogen) atoms. The zero-order valence-electron chi connectivity index (χ0n) is 12.6. The molecule has 0 aromatic carbocycles. The van der Waals surface area contributed by atoms with E-state index in [2.05, 4.69) is 26.1 Å². The topological polar surface area (TPSA) is 55.4 Å². The Morgan fingerprint density at radius 1 is 1.26 bits per heavy atom. The fraction of sp³-hybridized carbons (Fsp3) is 0.929. The second-order valence-corrected chi connectivity index (χ2v) is 7.40. The molecule has 0 radical (unpaired) electrons. The molecule has 0 aromatic rings. The van der Waals surface area contributed by atoms with Gasteiger partial charge in [-0.1, -0.05) is 27.7 Å². The molecule has 1 saturated heterocycles. The number of nitrogens with one attached hydrogen (secondary N) is 1. The van der Waals surface area contributed by atoms with Gasteiger partial charge in [0.1, 0.15) is 6.10 Å². The van der Waals surface area contributed by atoms with Crippen LogP contribution in [0, 0.1) is 11.8 Å². The van der Waals surface area contributed by atoms with Gasteiger partial charge in [0.05, 0.1) is 6.54 Å². The Labute approximate surface area is 119 Å². The highest BCUT2D eigenvalue weighted by molar-refractivity contribution is 7.86. The van der Waals surface area contributed by atoms with Crippen LogP contribution in [-0.2, 0) is 20.3 Å². The summed E-state index contributed by atoms with van der Waals surface area (Å²) in [5.41, 5.74) is 0. The Kier molecular flexibility index (Phi) is 6.47. The molecule has 4 nitrogen and oxygen atoms in total. The van der Waals surface area contributed by atoms with Crippen LogP contribution >= 0.6 is 0 Å². The Bertz CT molecular complexity index is 335. The molecular weight excluding hydrogens is 262 g/mol. The smallest absolute Gasteiger partial charge is 0.320 e. The van der Waals surface area contributed by atoms with E-state index >= 15 is 0 Å². The van der Waals surface area contributed by atoms with Crippen molar-refractivity contribution in [1.29, 1.82) is 0 Å². The lowest BCUT2D eigenvalue weighted by atomic mass is 9.84. The Morgan fingerprint density at radius 2 is 1.89 bits per heavy atom. The molecule has 0 aliphatic carbocycles. The molecular formula is C14H27NO3S. The lowest BCUT2D eigenvalue weighted by Crippen LogP contribution is -2.52. The van der Waals surface area contributed by atoms with Crippen LogP contribution in [0.5, 0.6) is 0 Å². The molecule has 6 atom stereocenters. The predicted octanol–water partition coefficient (Wildman–Crippen LogP) is 1.71. The molecule has 1 aliphatic heterocycles. The van der Waals surface area contributed by atoms with Crippen molar-refractivity contribution in [2.45, 2.75) is 57.1 Å². The van der Waals surface area contributed by atoms with Gasteiger partial charge in [-0.3, -0.25) is 9.00 Å². The van der Waals surface area contributed by atoms with Crippen molar-refractivity contribution in [2.75, 3.05) is 13.6 Å². The molecule has 112 valence electrons. The van der Waals surface area contributed by atoms with Crippen LogP contribution < -0.4 is 5.32 Å². The highest BCUT2D eigenvalue weighted by atomic mass is 32.2. The number of esters is 1. The van der Waals surface area contributed by atoms with E-state index in [4.69, 9.17) is 4.74 Å². The average Bonchev–Trinajstić information content (AvgIpc) is 2.37. The van der Waals surface area contributed by atoms with Gasteiger partial charge in [0.2, 0.25) is 0 Å². The highest BCUT2D eigenvalue weighted by Crippen LogP contribution is 2.37. The number of carbonyl (C=O) groups excluding carboxylic acids is 1. The van der Waals surface area contributed by atoms with E-state index in [1.807, 2.05) is 6.92 Å². The van der Waals surface area contributed by atoms with Crippen LogP contribution in [-0.4, -0.2) is 40.4 Å². The van der Waals surface area contributed by atoms with E-state index in [-0.39, 0.29) is 41.0 Å². The van der Waals surface area contributed by atoms with Crippen molar-refractivity contribution >= 4 is 16.8 Å². The van der Waals surface area contributed by atoms with Gasteiger partial charge in [-0.2, -0.15) is 0 Å². The Balaban J connectivity index is 2.90. The number of carbonyl (C=O) groups is 1. The van der Waals surface area contributed by atoms with Gasteiger partial charge >= 0.3 is 5.97 Å². The second-order valence-electron chi connectivity index (χ2n) is 5.40. The van der Waals surface area contributed by atoms with E-state index in [0.29, 0.717) is 0 Å². The van der Waals surface area contributed by atoms with Crippen molar-refractivity contribution in [2.24, 2.45) is 11.8 Å². The minimum absolute atomic E-state index is 0.0959. The van der Waals surface area contributed by atoms with Crippen molar-refractivity contribution < 1.29 is 13.7 Å². The summed E-state index contributed by atoms with van der Waals surface area (Å²) in [5.74, 6) is 0.139. The first-order valence-electron chi connectivity index (χ1n) is 7.21. The van der Waals surface area contributed by atoms with Crippen LogP contribution in [0.3, 0.4) is 0 Å². The first-order chi connectivity index (χ1) is 8.97. The van der Waals surface area contributed by atoms with Crippen molar-refractivity contribution in [3.63, 3.8) is 0 Å². The van der Waals surface area contributed by atoms with Crippen molar-refractivity contribution in [3.05, 3.63) is 0 Å². The standard InChI is InChI=1S/C14H27NO3S/c1-6-11-10(4)19(17)12(7-2)9(3)14(11)18-13(16)8-15-5/h9-12,14-15H,6-8H2,1-5H3. The lowest BCUT2D eigenvalue weighted by Gasteiger charge is -2.43. The Morgan fingerprint density at radius 3 is 2.37 bits per heavy atom. The van der Waals surface area contributed by atoms with E-state index in [9.17, 15) is 9.00 Å². The molecule has 5 heteroatoms. The molecule has 6 unspecified atom stereocenters. The van der Waals surface area contributed by atoms with E-state index in [1.165, 1.54) is 0 Å². The van der Waals surface area contributed by atoms with Crippen LogP contribution in [0.1, 0.15) is 40.5 Å². The van der Waals surface area contributed by atoms with E-state index in [0.717, 1.165) is 12.8 Å². The SMILES string of the molecule is CCC1C(OC(=O)CNC)C(C)C(CC)S(=O)C1C. The van der Waals surface area contributed by atoms with Gasteiger partial charge in [0.25, 0.3) is 0 Å². The summed E-state index contributed by atoms with van der Waals surface area (Å²) in [6, 6.07) is 0. The van der Waals surface area contributed by atoms with Gasteiger partial charge in [-0.15, -0.1) is 0 Å². The number of hydrogen-bond donors (Lipinski definition) is 1. The monoisotopic (exact) mass is 289 g/mol. The van der Waals surface area contributed by atoms with E-state index < -0.39 is 10.8 Å². The predicted molar refractivity (Wildman–Crippen MR) is 78.4 cm³/mol. The fourth-order valence-electron chi connectivity index (χ4n) is 3.16. The highest BCUT2D eigenvalue weighted by Gasteiger charge is 2.45. The summed E-state index contributed by atoms with van der Waals surface area (Å²) in [4.78, 5) is 11.7. The first kappa shape index (κ1) is 16.6. The third kappa shape index (κ3) is 3.57. The largest absolute Gasteiger partial charge is 0.461 e. The minimum atomic E-state index is -0.829. The van der Waals surface area contributed by atoms with Gasteiger partial charge in [0, 0.05) is 33.1 Å². The number of rotatable bonds is 5. The maximum absolute atomic E-state index is 12.5. The quantitative estimate of drug-likeness (QED) is 0.783. The fourth-order valence-corrected chi connectivity index (χ4v) is 5.31. The first-order valence-corrected chi connectivity index (χ1v) is 8.48. The molecule has 0 aromatic heterocycles. The molecule has 0 spiro atoms. The van der Waals surface area contributed by atoms with Gasteiger partial charge in [0.15, 0.2) is 0 Å². The number of hydrogen-bond acceptors (Lipinski definition) is 4.